The number of ether oxygens (including phenoxy) is 1. The Hall–Kier alpha value is -1.26. The zero-order chi connectivity index (χ0) is 22.5. The predicted molar refractivity (Wildman–Crippen MR) is 127 cm³/mol. The summed E-state index contributed by atoms with van der Waals surface area (Å²) in [6, 6.07) is 0.0176. The van der Waals surface area contributed by atoms with Crippen molar-refractivity contribution in [1.82, 2.24) is 10.2 Å². The molecule has 0 rings (SSSR count). The van der Waals surface area contributed by atoms with E-state index in [4.69, 9.17) is 4.74 Å². The lowest BCUT2D eigenvalue weighted by molar-refractivity contribution is -0.122. The lowest BCUT2D eigenvalue weighted by Gasteiger charge is -2.28. The second-order valence-corrected chi connectivity index (χ2v) is 8.65. The van der Waals surface area contributed by atoms with E-state index in [-0.39, 0.29) is 24.6 Å². The number of hydrogen-bond acceptors (Lipinski definition) is 3. The number of likely N-dealkylation sites (N-methyl/N-ethyl adjacent to an activating group) is 1. The molecule has 5 heteroatoms. The third kappa shape index (κ3) is 16.5. The molecule has 0 heterocycles. The van der Waals surface area contributed by atoms with E-state index in [0.29, 0.717) is 6.61 Å². The summed E-state index contributed by atoms with van der Waals surface area (Å²) in [6.07, 6.45) is 19.0. The van der Waals surface area contributed by atoms with Crippen molar-refractivity contribution in [3.63, 3.8) is 0 Å². The van der Waals surface area contributed by atoms with Gasteiger partial charge >= 0.3 is 6.09 Å². The normalized spacial score (nSPS) is 11.9. The van der Waals surface area contributed by atoms with Crippen LogP contribution in [0.1, 0.15) is 124 Å². The molecule has 0 radical (unpaired) electrons. The summed E-state index contributed by atoms with van der Waals surface area (Å²) < 4.78 is 5.49. The van der Waals surface area contributed by atoms with Crippen LogP contribution in [0.25, 0.3) is 0 Å². The van der Waals surface area contributed by atoms with E-state index < -0.39 is 0 Å². The largest absolute Gasteiger partial charge is 0.449 e. The van der Waals surface area contributed by atoms with E-state index >= 15 is 0 Å². The summed E-state index contributed by atoms with van der Waals surface area (Å²) in [5.74, 6) is -0.148. The minimum Gasteiger partial charge on any atom is -0.449 e. The van der Waals surface area contributed by atoms with Crippen LogP contribution in [0.2, 0.25) is 0 Å². The highest BCUT2D eigenvalue weighted by Gasteiger charge is 2.23. The molecule has 0 aliphatic heterocycles. The maximum atomic E-state index is 12.6. The Morgan fingerprint density at radius 3 is 1.73 bits per heavy atom. The van der Waals surface area contributed by atoms with Crippen molar-refractivity contribution in [3.8, 4) is 0 Å². The fourth-order valence-electron chi connectivity index (χ4n) is 3.67. The van der Waals surface area contributed by atoms with Gasteiger partial charge in [0.05, 0.1) is 6.61 Å². The third-order valence-corrected chi connectivity index (χ3v) is 5.81. The van der Waals surface area contributed by atoms with E-state index in [9.17, 15) is 9.59 Å². The monoisotopic (exact) mass is 426 g/mol. The van der Waals surface area contributed by atoms with Crippen LogP contribution < -0.4 is 5.32 Å². The molecule has 0 saturated carbocycles. The molecule has 1 N–H and O–H groups in total. The van der Waals surface area contributed by atoms with E-state index in [0.717, 1.165) is 25.7 Å². The highest BCUT2D eigenvalue weighted by Crippen LogP contribution is 2.14. The first kappa shape index (κ1) is 28.7. The van der Waals surface area contributed by atoms with Crippen molar-refractivity contribution in [1.29, 1.82) is 0 Å². The number of rotatable bonds is 20. The summed E-state index contributed by atoms with van der Waals surface area (Å²) in [5.41, 5.74) is 0. The summed E-state index contributed by atoms with van der Waals surface area (Å²) in [7, 11) is 1.60. The molecule has 0 aromatic carbocycles. The fraction of sp³-hybridized carbons (Fsp3) is 0.920. The number of nitrogens with zero attached hydrogens (tertiary/aromatic N) is 1. The van der Waals surface area contributed by atoms with Crippen molar-refractivity contribution in [2.24, 2.45) is 0 Å². The number of nitrogens with one attached hydrogen (secondary N) is 1. The molecule has 0 spiro atoms. The molecule has 0 aromatic heterocycles. The van der Waals surface area contributed by atoms with Gasteiger partial charge in [0.25, 0.3) is 0 Å². The number of amides is 2. The van der Waals surface area contributed by atoms with Crippen molar-refractivity contribution in [2.75, 3.05) is 20.2 Å². The van der Waals surface area contributed by atoms with E-state index in [1.165, 1.54) is 77.0 Å². The molecule has 0 fully saturated rings. The first-order valence-electron chi connectivity index (χ1n) is 12.7. The molecule has 30 heavy (non-hydrogen) atoms. The van der Waals surface area contributed by atoms with Crippen LogP contribution in [-0.2, 0) is 9.53 Å². The van der Waals surface area contributed by atoms with Crippen molar-refractivity contribution in [2.45, 2.75) is 130 Å². The second kappa shape index (κ2) is 21.0. The number of hydrogen-bond donors (Lipinski definition) is 1. The topological polar surface area (TPSA) is 58.6 Å². The molecule has 0 bridgehead atoms. The molecule has 0 aliphatic carbocycles. The molecule has 0 aromatic rings. The summed E-state index contributed by atoms with van der Waals surface area (Å²) in [4.78, 5) is 26.0. The van der Waals surface area contributed by atoms with Crippen molar-refractivity contribution < 1.29 is 14.3 Å². The zero-order valence-corrected chi connectivity index (χ0v) is 20.5. The van der Waals surface area contributed by atoms with Gasteiger partial charge in [0, 0.05) is 13.1 Å². The lowest BCUT2D eigenvalue weighted by Crippen LogP contribution is -2.45. The first-order chi connectivity index (χ1) is 14.6. The summed E-state index contributed by atoms with van der Waals surface area (Å²) in [5, 5.41) is 2.62. The maximum Gasteiger partial charge on any atom is 0.410 e. The van der Waals surface area contributed by atoms with Crippen LogP contribution in [0.3, 0.4) is 0 Å². The second-order valence-electron chi connectivity index (χ2n) is 8.65. The minimum absolute atomic E-state index is 0.0176. The van der Waals surface area contributed by atoms with Gasteiger partial charge in [-0.3, -0.25) is 9.69 Å². The third-order valence-electron chi connectivity index (χ3n) is 5.81. The SMILES string of the molecule is CCCCCCCCCCOC(=O)N(CC(=O)NC)C(C)CCCCCCCCC. The Bertz CT molecular complexity index is 415. The van der Waals surface area contributed by atoms with Crippen LogP contribution in [0.4, 0.5) is 4.79 Å². The first-order valence-corrected chi connectivity index (χ1v) is 12.7. The highest BCUT2D eigenvalue weighted by molar-refractivity contribution is 5.82. The number of carbonyl (C=O) groups is 2. The van der Waals surface area contributed by atoms with Gasteiger partial charge in [-0.05, 0) is 19.8 Å². The molecule has 1 unspecified atom stereocenters. The van der Waals surface area contributed by atoms with Gasteiger partial charge in [-0.25, -0.2) is 4.79 Å². The van der Waals surface area contributed by atoms with Crippen LogP contribution in [0.5, 0.6) is 0 Å². The average Bonchev–Trinajstić information content (AvgIpc) is 2.75. The smallest absolute Gasteiger partial charge is 0.410 e. The Morgan fingerprint density at radius 2 is 1.23 bits per heavy atom. The Morgan fingerprint density at radius 1 is 0.767 bits per heavy atom. The number of carbonyl (C=O) groups excluding carboxylic acids is 2. The van der Waals surface area contributed by atoms with Gasteiger partial charge in [-0.2, -0.15) is 0 Å². The van der Waals surface area contributed by atoms with Gasteiger partial charge in [0.15, 0.2) is 0 Å². The van der Waals surface area contributed by atoms with Crippen LogP contribution >= 0.6 is 0 Å². The van der Waals surface area contributed by atoms with E-state index in [2.05, 4.69) is 19.2 Å². The fourth-order valence-corrected chi connectivity index (χ4v) is 3.67. The van der Waals surface area contributed by atoms with Crippen molar-refractivity contribution in [3.05, 3.63) is 0 Å². The Balaban J connectivity index is 4.13. The van der Waals surface area contributed by atoms with Gasteiger partial charge in [0.2, 0.25) is 5.91 Å². The van der Waals surface area contributed by atoms with E-state index in [1.807, 2.05) is 6.92 Å². The Labute approximate surface area is 186 Å². The molecule has 1 atom stereocenters. The average molecular weight is 427 g/mol. The summed E-state index contributed by atoms with van der Waals surface area (Å²) >= 11 is 0. The molecule has 5 nitrogen and oxygen atoms in total. The lowest BCUT2D eigenvalue weighted by atomic mass is 10.1. The molecular weight excluding hydrogens is 376 g/mol. The van der Waals surface area contributed by atoms with Crippen molar-refractivity contribution >= 4 is 12.0 Å². The molecular formula is C25H50N2O3. The van der Waals surface area contributed by atoms with Gasteiger partial charge in [-0.1, -0.05) is 104 Å². The highest BCUT2D eigenvalue weighted by atomic mass is 16.6. The standard InChI is InChI=1S/C25H50N2O3/c1-5-7-9-11-13-15-17-19-21-30-25(29)27(22-24(28)26-4)23(3)20-18-16-14-12-10-8-6-2/h23H,5-22H2,1-4H3,(H,26,28). The van der Waals surface area contributed by atoms with E-state index in [1.54, 1.807) is 11.9 Å². The quantitative estimate of drug-likeness (QED) is 0.217. The molecule has 2 amide bonds. The van der Waals surface area contributed by atoms with Gasteiger partial charge in [-0.15, -0.1) is 0 Å². The minimum atomic E-state index is -0.350. The molecule has 178 valence electrons. The Kier molecular flexibility index (Phi) is 20.1. The van der Waals surface area contributed by atoms with Gasteiger partial charge in [0.1, 0.15) is 6.54 Å². The summed E-state index contributed by atoms with van der Waals surface area (Å²) in [6.45, 7) is 7.01. The zero-order valence-electron chi connectivity index (χ0n) is 20.5. The van der Waals surface area contributed by atoms with Crippen LogP contribution in [0, 0.1) is 0 Å². The number of unbranched alkanes of at least 4 members (excludes halogenated alkanes) is 13. The van der Waals surface area contributed by atoms with Crippen LogP contribution in [0.15, 0.2) is 0 Å². The predicted octanol–water partition coefficient (Wildman–Crippen LogP) is 6.84. The molecule has 0 saturated heterocycles. The molecule has 0 aliphatic rings. The van der Waals surface area contributed by atoms with Gasteiger partial charge < -0.3 is 10.1 Å². The van der Waals surface area contributed by atoms with Crippen LogP contribution in [-0.4, -0.2) is 43.1 Å². The maximum absolute atomic E-state index is 12.6.